The lowest BCUT2D eigenvalue weighted by Gasteiger charge is -2.08. The van der Waals surface area contributed by atoms with Crippen molar-refractivity contribution in [2.75, 3.05) is 4.72 Å². The summed E-state index contributed by atoms with van der Waals surface area (Å²) in [4.78, 5) is 0.814. The van der Waals surface area contributed by atoms with Crippen molar-refractivity contribution in [2.24, 2.45) is 5.73 Å². The number of halogens is 2. The van der Waals surface area contributed by atoms with Gasteiger partial charge in [0.25, 0.3) is 10.0 Å². The summed E-state index contributed by atoms with van der Waals surface area (Å²) in [6, 6.07) is 8.35. The van der Waals surface area contributed by atoms with Crippen molar-refractivity contribution < 1.29 is 8.42 Å². The van der Waals surface area contributed by atoms with E-state index in [1.54, 1.807) is 24.3 Å². The number of anilines is 1. The Morgan fingerprint density at radius 1 is 1.32 bits per heavy atom. The third-order valence-corrected chi connectivity index (χ3v) is 6.23. The molecule has 0 aliphatic rings. The van der Waals surface area contributed by atoms with E-state index in [0.717, 1.165) is 19.8 Å². The van der Waals surface area contributed by atoms with Crippen LogP contribution in [0.5, 0.6) is 0 Å². The van der Waals surface area contributed by atoms with Crippen molar-refractivity contribution in [3.05, 3.63) is 43.8 Å². The van der Waals surface area contributed by atoms with Gasteiger partial charge in [0.2, 0.25) is 0 Å². The van der Waals surface area contributed by atoms with Gasteiger partial charge in [-0.1, -0.05) is 11.6 Å². The molecule has 0 spiro atoms. The Morgan fingerprint density at radius 2 is 2.05 bits per heavy atom. The summed E-state index contributed by atoms with van der Waals surface area (Å²) < 4.78 is 28.0. The maximum atomic E-state index is 12.2. The molecule has 19 heavy (non-hydrogen) atoms. The first-order valence-electron chi connectivity index (χ1n) is 5.19. The third-order valence-electron chi connectivity index (χ3n) is 2.28. The molecule has 3 N–H and O–H groups in total. The fraction of sp³-hybridized carbons (Fsp3) is 0.0909. The molecular weight excluding hydrogens is 419 g/mol. The largest absolute Gasteiger partial charge is 0.326 e. The molecule has 0 fully saturated rings. The van der Waals surface area contributed by atoms with Crippen molar-refractivity contribution in [2.45, 2.75) is 10.8 Å². The summed E-state index contributed by atoms with van der Waals surface area (Å²) in [5, 5.41) is 0.367. The van der Waals surface area contributed by atoms with Crippen molar-refractivity contribution in [3.63, 3.8) is 0 Å². The molecule has 0 aliphatic heterocycles. The normalized spacial score (nSPS) is 11.5. The van der Waals surface area contributed by atoms with Crippen LogP contribution in [0.3, 0.4) is 0 Å². The van der Waals surface area contributed by atoms with Crippen LogP contribution in [0.4, 0.5) is 5.69 Å². The van der Waals surface area contributed by atoms with Crippen LogP contribution < -0.4 is 10.5 Å². The summed E-state index contributed by atoms with van der Waals surface area (Å²) in [5.41, 5.74) is 5.84. The minimum Gasteiger partial charge on any atom is -0.326 e. The Morgan fingerprint density at radius 3 is 2.63 bits per heavy atom. The molecular formula is C11H10ClIN2O2S2. The van der Waals surface area contributed by atoms with Gasteiger partial charge in [0, 0.05) is 15.0 Å². The first kappa shape index (κ1) is 15.0. The van der Waals surface area contributed by atoms with Crippen LogP contribution >= 0.6 is 45.5 Å². The minimum atomic E-state index is -3.61. The topological polar surface area (TPSA) is 72.2 Å². The van der Waals surface area contributed by atoms with Gasteiger partial charge in [0.05, 0.1) is 10.7 Å². The average Bonchev–Trinajstić information content (AvgIpc) is 2.82. The Kier molecular flexibility index (Phi) is 4.72. The maximum absolute atomic E-state index is 12.2. The molecule has 1 heterocycles. The van der Waals surface area contributed by atoms with E-state index in [2.05, 4.69) is 27.3 Å². The number of benzene rings is 1. The van der Waals surface area contributed by atoms with E-state index in [-0.39, 0.29) is 4.21 Å². The van der Waals surface area contributed by atoms with E-state index < -0.39 is 10.0 Å². The predicted octanol–water partition coefficient (Wildman–Crippen LogP) is 3.27. The molecule has 1 aromatic carbocycles. The number of thiophene rings is 1. The van der Waals surface area contributed by atoms with E-state index >= 15 is 0 Å². The molecule has 8 heteroatoms. The van der Waals surface area contributed by atoms with Gasteiger partial charge in [-0.2, -0.15) is 0 Å². The molecule has 0 radical (unpaired) electrons. The van der Waals surface area contributed by atoms with Crippen LogP contribution in [0.2, 0.25) is 5.02 Å². The highest BCUT2D eigenvalue weighted by Crippen LogP contribution is 2.28. The molecule has 4 nitrogen and oxygen atoms in total. The quantitative estimate of drug-likeness (QED) is 0.734. The van der Waals surface area contributed by atoms with Crippen molar-refractivity contribution in [3.8, 4) is 0 Å². The molecule has 0 saturated heterocycles. The lowest BCUT2D eigenvalue weighted by atomic mass is 10.3. The molecule has 0 bridgehead atoms. The first-order chi connectivity index (χ1) is 8.92. The third kappa shape index (κ3) is 3.60. The number of hydrogen-bond donors (Lipinski definition) is 2. The molecule has 0 atom stereocenters. The lowest BCUT2D eigenvalue weighted by Crippen LogP contribution is -2.11. The van der Waals surface area contributed by atoms with Gasteiger partial charge in [0.1, 0.15) is 4.21 Å². The molecule has 2 rings (SSSR count). The maximum Gasteiger partial charge on any atom is 0.271 e. The van der Waals surface area contributed by atoms with Crippen molar-refractivity contribution in [1.82, 2.24) is 0 Å². The summed E-state index contributed by atoms with van der Waals surface area (Å²) >= 11 is 9.26. The van der Waals surface area contributed by atoms with Gasteiger partial charge < -0.3 is 5.73 Å². The molecule has 0 amide bonds. The number of nitrogens with one attached hydrogen (secondary N) is 1. The first-order valence-corrected chi connectivity index (χ1v) is 8.94. The second-order valence-corrected chi connectivity index (χ2v) is 8.38. The molecule has 1 aromatic heterocycles. The molecule has 0 aliphatic carbocycles. The molecule has 0 unspecified atom stereocenters. The monoisotopic (exact) mass is 428 g/mol. The Bertz CT molecular complexity index is 700. The Hall–Kier alpha value is -0.350. The van der Waals surface area contributed by atoms with Gasteiger partial charge in [0.15, 0.2) is 0 Å². The van der Waals surface area contributed by atoms with E-state index in [4.69, 9.17) is 17.3 Å². The summed E-state index contributed by atoms with van der Waals surface area (Å²) in [5.74, 6) is 0. The van der Waals surface area contributed by atoms with Crippen LogP contribution in [-0.4, -0.2) is 8.42 Å². The standard InChI is InChI=1S/C11H10ClIN2O2S2/c12-9-5-7(13)1-3-10(9)15-19(16,17)11-4-2-8(6-14)18-11/h1-5,15H,6,14H2. The predicted molar refractivity (Wildman–Crippen MR) is 87.2 cm³/mol. The van der Waals surface area contributed by atoms with Crippen LogP contribution in [0.1, 0.15) is 4.88 Å². The number of sulfonamides is 1. The average molecular weight is 429 g/mol. The minimum absolute atomic E-state index is 0.225. The van der Waals surface area contributed by atoms with Crippen LogP contribution in [0, 0.1) is 3.57 Å². The van der Waals surface area contributed by atoms with Crippen LogP contribution in [0.15, 0.2) is 34.5 Å². The van der Waals surface area contributed by atoms with E-state index in [1.165, 1.54) is 6.07 Å². The van der Waals surface area contributed by atoms with E-state index in [1.807, 2.05) is 0 Å². The number of nitrogens with two attached hydrogens (primary N) is 1. The van der Waals surface area contributed by atoms with Crippen LogP contribution in [0.25, 0.3) is 0 Å². The van der Waals surface area contributed by atoms with Crippen molar-refractivity contribution in [1.29, 1.82) is 0 Å². The van der Waals surface area contributed by atoms with E-state index in [9.17, 15) is 8.42 Å². The summed E-state index contributed by atoms with van der Waals surface area (Å²) in [7, 11) is -3.61. The highest BCUT2D eigenvalue weighted by molar-refractivity contribution is 14.1. The van der Waals surface area contributed by atoms with Gasteiger partial charge in [-0.05, 0) is 52.9 Å². The second kappa shape index (κ2) is 5.96. The Labute approximate surface area is 134 Å². The zero-order chi connectivity index (χ0) is 14.0. The van der Waals surface area contributed by atoms with Crippen LogP contribution in [-0.2, 0) is 16.6 Å². The molecule has 0 saturated carbocycles. The SMILES string of the molecule is NCc1ccc(S(=O)(=O)Nc2ccc(I)cc2Cl)s1. The highest BCUT2D eigenvalue weighted by Gasteiger charge is 2.18. The van der Waals surface area contributed by atoms with Gasteiger partial charge in [-0.25, -0.2) is 8.42 Å². The zero-order valence-electron chi connectivity index (χ0n) is 9.56. The second-order valence-electron chi connectivity index (χ2n) is 3.65. The summed E-state index contributed by atoms with van der Waals surface area (Å²) in [6.45, 7) is 0.324. The molecule has 102 valence electrons. The lowest BCUT2D eigenvalue weighted by molar-refractivity contribution is 0.603. The van der Waals surface area contributed by atoms with Gasteiger partial charge in [-0.15, -0.1) is 11.3 Å². The fourth-order valence-corrected chi connectivity index (χ4v) is 4.65. The van der Waals surface area contributed by atoms with Gasteiger partial charge in [-0.3, -0.25) is 4.72 Å². The number of rotatable bonds is 4. The van der Waals surface area contributed by atoms with Crippen molar-refractivity contribution >= 4 is 61.2 Å². The highest BCUT2D eigenvalue weighted by atomic mass is 127. The Balaban J connectivity index is 2.30. The van der Waals surface area contributed by atoms with E-state index in [0.29, 0.717) is 17.3 Å². The van der Waals surface area contributed by atoms with Gasteiger partial charge >= 0.3 is 0 Å². The fourth-order valence-electron chi connectivity index (χ4n) is 1.38. The number of hydrogen-bond acceptors (Lipinski definition) is 4. The zero-order valence-corrected chi connectivity index (χ0v) is 14.1. The smallest absolute Gasteiger partial charge is 0.271 e. The summed E-state index contributed by atoms with van der Waals surface area (Å²) in [6.07, 6.45) is 0. The molecule has 2 aromatic rings.